The van der Waals surface area contributed by atoms with Gasteiger partial charge in [0.15, 0.2) is 0 Å². The van der Waals surface area contributed by atoms with Crippen molar-refractivity contribution in [3.8, 4) is 0 Å². The average molecular weight is 349 g/mol. The van der Waals surface area contributed by atoms with Gasteiger partial charge < -0.3 is 15.2 Å². The molecule has 0 aromatic heterocycles. The second kappa shape index (κ2) is 8.00. The van der Waals surface area contributed by atoms with Crippen molar-refractivity contribution < 1.29 is 19.1 Å². The predicted octanol–water partition coefficient (Wildman–Crippen LogP) is 3.34. The molecule has 0 spiro atoms. The summed E-state index contributed by atoms with van der Waals surface area (Å²) in [5.74, 6) is 0.0222. The van der Waals surface area contributed by atoms with E-state index in [0.29, 0.717) is 18.4 Å². The minimum atomic E-state index is -0.842. The number of alkyl carbamates (subject to hydrolysis) is 2. The Morgan fingerprint density at radius 3 is 2.04 bits per heavy atom. The smallest absolute Gasteiger partial charge is 0.417 e. The first-order valence-corrected chi connectivity index (χ1v) is 8.04. The first-order valence-electron chi connectivity index (χ1n) is 8.04. The number of aryl methyl sites for hydroxylation is 1. The molecule has 0 fully saturated rings. The van der Waals surface area contributed by atoms with Crippen molar-refractivity contribution in [1.82, 2.24) is 5.32 Å². The molecule has 1 rings (SSSR count). The van der Waals surface area contributed by atoms with Crippen molar-refractivity contribution in [2.24, 2.45) is 5.73 Å². The maximum Gasteiger partial charge on any atom is 0.417 e. The molecule has 0 unspecified atom stereocenters. The Balaban J connectivity index is 2.50. The molecule has 0 heterocycles. The first-order chi connectivity index (χ1) is 11.4. The molecular formula is C18H27N3O4. The molecule has 1 aromatic carbocycles. The van der Waals surface area contributed by atoms with E-state index in [9.17, 15) is 9.59 Å². The lowest BCUT2D eigenvalue weighted by Crippen LogP contribution is -2.40. The number of nitrogens with one attached hydrogen (secondary N) is 2. The summed E-state index contributed by atoms with van der Waals surface area (Å²) in [5.41, 5.74) is 5.67. The van der Waals surface area contributed by atoms with Crippen molar-refractivity contribution >= 4 is 18.0 Å². The van der Waals surface area contributed by atoms with Gasteiger partial charge in [-0.05, 0) is 53.0 Å². The highest BCUT2D eigenvalue weighted by molar-refractivity contribution is 5.94. The summed E-state index contributed by atoms with van der Waals surface area (Å²) >= 11 is 0. The number of carbonyl (C=O) groups is 2. The van der Waals surface area contributed by atoms with Crippen LogP contribution in [0.2, 0.25) is 0 Å². The van der Waals surface area contributed by atoms with Crippen LogP contribution in [0.3, 0.4) is 0 Å². The Hall–Kier alpha value is -2.57. The lowest BCUT2D eigenvalue weighted by atomic mass is 9.98. The standard InChI is InChI=1S/C18H27N3O4/c1-17(2,3)24-15(22)21-16(23)25-18(4,5)11-10-12-6-8-13(9-7-12)14(19)20/h6-9H,10-11H2,1-5H3,(H3,19,20)(H,21,22,23). The van der Waals surface area contributed by atoms with Gasteiger partial charge in [-0.25, -0.2) is 14.9 Å². The van der Waals surface area contributed by atoms with Crippen LogP contribution in [0.15, 0.2) is 24.3 Å². The number of nitrogens with two attached hydrogens (primary N) is 1. The molecule has 0 saturated heterocycles. The third-order valence-electron chi connectivity index (χ3n) is 3.25. The molecule has 7 nitrogen and oxygen atoms in total. The number of amides is 2. The van der Waals surface area contributed by atoms with E-state index in [1.165, 1.54) is 0 Å². The Morgan fingerprint density at radius 2 is 1.56 bits per heavy atom. The predicted molar refractivity (Wildman–Crippen MR) is 95.7 cm³/mol. The van der Waals surface area contributed by atoms with Crippen molar-refractivity contribution in [3.05, 3.63) is 35.4 Å². The summed E-state index contributed by atoms with van der Waals surface area (Å²) in [5, 5.41) is 9.42. The van der Waals surface area contributed by atoms with E-state index in [2.05, 4.69) is 5.32 Å². The van der Waals surface area contributed by atoms with Crippen LogP contribution in [0.25, 0.3) is 0 Å². The molecule has 0 aliphatic carbocycles. The number of nitrogen functional groups attached to an aromatic ring is 1. The fraction of sp³-hybridized carbons (Fsp3) is 0.500. The number of carbonyl (C=O) groups excluding carboxylic acids is 2. The monoisotopic (exact) mass is 349 g/mol. The van der Waals surface area contributed by atoms with Gasteiger partial charge in [0.05, 0.1) is 0 Å². The number of amidine groups is 1. The highest BCUT2D eigenvalue weighted by Gasteiger charge is 2.25. The molecule has 0 bridgehead atoms. The van der Waals surface area contributed by atoms with E-state index in [1.807, 2.05) is 12.1 Å². The van der Waals surface area contributed by atoms with Crippen molar-refractivity contribution in [2.75, 3.05) is 0 Å². The normalized spacial score (nSPS) is 11.6. The molecule has 4 N–H and O–H groups in total. The minimum Gasteiger partial charge on any atom is -0.443 e. The Morgan fingerprint density at radius 1 is 1.04 bits per heavy atom. The van der Waals surface area contributed by atoms with Gasteiger partial charge in [-0.1, -0.05) is 24.3 Å². The molecular weight excluding hydrogens is 322 g/mol. The minimum absolute atomic E-state index is 0.0222. The maximum atomic E-state index is 11.8. The van der Waals surface area contributed by atoms with Crippen molar-refractivity contribution in [1.29, 1.82) is 5.41 Å². The number of ether oxygens (including phenoxy) is 2. The van der Waals surface area contributed by atoms with E-state index in [4.69, 9.17) is 20.6 Å². The lowest BCUT2D eigenvalue weighted by molar-refractivity contribution is 0.0238. The van der Waals surface area contributed by atoms with Crippen LogP contribution in [-0.2, 0) is 15.9 Å². The van der Waals surface area contributed by atoms with E-state index < -0.39 is 23.4 Å². The molecule has 138 valence electrons. The third-order valence-corrected chi connectivity index (χ3v) is 3.25. The number of benzene rings is 1. The second-order valence-electron chi connectivity index (χ2n) is 7.39. The van der Waals surface area contributed by atoms with Gasteiger partial charge in [0.25, 0.3) is 0 Å². The number of hydrogen-bond donors (Lipinski definition) is 3. The second-order valence-corrected chi connectivity index (χ2v) is 7.39. The fourth-order valence-corrected chi connectivity index (χ4v) is 2.01. The zero-order valence-corrected chi connectivity index (χ0v) is 15.4. The molecule has 0 atom stereocenters. The molecule has 0 radical (unpaired) electrons. The van der Waals surface area contributed by atoms with Crippen LogP contribution in [0.1, 0.15) is 52.2 Å². The quantitative estimate of drug-likeness (QED) is 0.557. The first kappa shape index (κ1) is 20.5. The van der Waals surface area contributed by atoms with E-state index in [-0.39, 0.29) is 5.84 Å². The summed E-state index contributed by atoms with van der Waals surface area (Å²) < 4.78 is 10.3. The maximum absolute atomic E-state index is 11.8. The van der Waals surface area contributed by atoms with E-state index in [0.717, 1.165) is 5.56 Å². The highest BCUT2D eigenvalue weighted by atomic mass is 16.6. The lowest BCUT2D eigenvalue weighted by Gasteiger charge is -2.25. The summed E-state index contributed by atoms with van der Waals surface area (Å²) in [6.45, 7) is 8.66. The van der Waals surface area contributed by atoms with Gasteiger partial charge in [0.1, 0.15) is 17.0 Å². The molecule has 7 heteroatoms. The molecule has 0 aliphatic heterocycles. The number of hydrogen-bond acceptors (Lipinski definition) is 5. The van der Waals surface area contributed by atoms with Crippen molar-refractivity contribution in [3.63, 3.8) is 0 Å². The molecule has 2 amide bonds. The summed E-state index contributed by atoms with van der Waals surface area (Å²) in [4.78, 5) is 23.4. The van der Waals surface area contributed by atoms with Crippen LogP contribution in [0.5, 0.6) is 0 Å². The summed E-state index contributed by atoms with van der Waals surface area (Å²) in [6.07, 6.45) is -0.446. The zero-order valence-electron chi connectivity index (χ0n) is 15.4. The summed E-state index contributed by atoms with van der Waals surface area (Å²) in [7, 11) is 0. The molecule has 25 heavy (non-hydrogen) atoms. The SMILES string of the molecule is CC(C)(C)OC(=O)NC(=O)OC(C)(C)CCc1ccc(C(=N)N)cc1. The van der Waals surface area contributed by atoms with Crippen LogP contribution < -0.4 is 11.1 Å². The fourth-order valence-electron chi connectivity index (χ4n) is 2.01. The van der Waals surface area contributed by atoms with Crippen LogP contribution in [-0.4, -0.2) is 29.2 Å². The van der Waals surface area contributed by atoms with Crippen molar-refractivity contribution in [2.45, 2.75) is 58.7 Å². The van der Waals surface area contributed by atoms with Gasteiger partial charge in [-0.2, -0.15) is 0 Å². The van der Waals surface area contributed by atoms with Crippen LogP contribution in [0.4, 0.5) is 9.59 Å². The third kappa shape index (κ3) is 8.19. The largest absolute Gasteiger partial charge is 0.443 e. The van der Waals surface area contributed by atoms with E-state index in [1.54, 1.807) is 46.8 Å². The van der Waals surface area contributed by atoms with Gasteiger partial charge in [0.2, 0.25) is 0 Å². The van der Waals surface area contributed by atoms with Gasteiger partial charge in [0, 0.05) is 5.56 Å². The van der Waals surface area contributed by atoms with E-state index >= 15 is 0 Å². The number of imide groups is 1. The Kier molecular flexibility index (Phi) is 6.55. The van der Waals surface area contributed by atoms with Gasteiger partial charge >= 0.3 is 12.2 Å². The topological polar surface area (TPSA) is 114 Å². The van der Waals surface area contributed by atoms with Crippen LogP contribution >= 0.6 is 0 Å². The van der Waals surface area contributed by atoms with Gasteiger partial charge in [-0.15, -0.1) is 0 Å². The molecule has 0 aliphatic rings. The molecule has 0 saturated carbocycles. The zero-order chi connectivity index (χ0) is 19.3. The van der Waals surface area contributed by atoms with Gasteiger partial charge in [-0.3, -0.25) is 5.41 Å². The Labute approximate surface area is 148 Å². The number of rotatable bonds is 5. The highest BCUT2D eigenvalue weighted by Crippen LogP contribution is 2.19. The van der Waals surface area contributed by atoms with Crippen LogP contribution in [0, 0.1) is 5.41 Å². The Bertz CT molecular complexity index is 631. The molecule has 1 aromatic rings. The average Bonchev–Trinajstić information content (AvgIpc) is 2.42. The summed E-state index contributed by atoms with van der Waals surface area (Å²) in [6, 6.07) is 7.32.